The first-order valence-corrected chi connectivity index (χ1v) is 10.1. The highest BCUT2D eigenvalue weighted by Crippen LogP contribution is 2.43. The summed E-state index contributed by atoms with van der Waals surface area (Å²) in [5, 5.41) is 3.32. The summed E-state index contributed by atoms with van der Waals surface area (Å²) < 4.78 is 10.9. The van der Waals surface area contributed by atoms with Crippen LogP contribution in [0.25, 0.3) is 0 Å². The number of carbonyl (C=O) groups excluding carboxylic acids is 2. The lowest BCUT2D eigenvalue weighted by Gasteiger charge is -2.34. The molecule has 0 saturated heterocycles. The van der Waals surface area contributed by atoms with E-state index in [1.165, 1.54) is 0 Å². The molecule has 5 nitrogen and oxygen atoms in total. The van der Waals surface area contributed by atoms with E-state index in [0.29, 0.717) is 29.9 Å². The van der Waals surface area contributed by atoms with Gasteiger partial charge < -0.3 is 14.8 Å². The number of benzene rings is 1. The quantitative estimate of drug-likeness (QED) is 0.559. The summed E-state index contributed by atoms with van der Waals surface area (Å²) >= 11 is 0. The van der Waals surface area contributed by atoms with E-state index in [-0.39, 0.29) is 11.8 Å². The van der Waals surface area contributed by atoms with Crippen LogP contribution in [0.5, 0.6) is 5.75 Å². The molecule has 3 rings (SSSR count). The molecular weight excluding hydrogens is 354 g/mol. The Hall–Kier alpha value is -2.56. The highest BCUT2D eigenvalue weighted by atomic mass is 16.5. The maximum Gasteiger partial charge on any atom is 0.336 e. The van der Waals surface area contributed by atoms with Crippen molar-refractivity contribution in [2.24, 2.45) is 0 Å². The van der Waals surface area contributed by atoms with Crippen LogP contribution in [0, 0.1) is 0 Å². The van der Waals surface area contributed by atoms with Gasteiger partial charge in [-0.15, -0.1) is 0 Å². The van der Waals surface area contributed by atoms with E-state index in [9.17, 15) is 9.59 Å². The molecule has 0 aromatic heterocycles. The number of allylic oxidation sites excluding steroid dienone is 3. The Bertz CT molecular complexity index is 822. The fourth-order valence-electron chi connectivity index (χ4n) is 4.00. The van der Waals surface area contributed by atoms with Crippen LogP contribution < -0.4 is 10.1 Å². The van der Waals surface area contributed by atoms with Gasteiger partial charge in [-0.05, 0) is 43.9 Å². The van der Waals surface area contributed by atoms with Crippen LogP contribution in [0.3, 0.4) is 0 Å². The number of methoxy groups -OCH3 is 1. The number of dihydropyridines is 1. The Labute approximate surface area is 166 Å². The van der Waals surface area contributed by atoms with Crippen molar-refractivity contribution in [1.82, 2.24) is 5.32 Å². The normalized spacial score (nSPS) is 19.2. The molecule has 0 spiro atoms. The second-order valence-electron chi connectivity index (χ2n) is 7.39. The zero-order chi connectivity index (χ0) is 20.1. The molecule has 0 bridgehead atoms. The first-order chi connectivity index (χ1) is 13.6. The van der Waals surface area contributed by atoms with Gasteiger partial charge >= 0.3 is 5.97 Å². The number of nitrogens with one attached hydrogen (secondary N) is 1. The van der Waals surface area contributed by atoms with Gasteiger partial charge in [0.05, 0.1) is 19.3 Å². The van der Waals surface area contributed by atoms with Gasteiger partial charge in [0.15, 0.2) is 5.78 Å². The Morgan fingerprint density at radius 1 is 1.25 bits per heavy atom. The predicted octanol–water partition coefficient (Wildman–Crippen LogP) is 4.40. The minimum absolute atomic E-state index is 0.102. The van der Waals surface area contributed by atoms with Crippen molar-refractivity contribution in [2.75, 3.05) is 13.7 Å². The van der Waals surface area contributed by atoms with Crippen LogP contribution in [0.4, 0.5) is 0 Å². The minimum Gasteiger partial charge on any atom is -0.497 e. The van der Waals surface area contributed by atoms with E-state index in [2.05, 4.69) is 12.2 Å². The zero-order valence-corrected chi connectivity index (χ0v) is 17.0. The van der Waals surface area contributed by atoms with Crippen molar-refractivity contribution in [3.05, 3.63) is 52.4 Å². The average molecular weight is 383 g/mol. The topological polar surface area (TPSA) is 64.6 Å². The molecular formula is C23H29NO4. The molecule has 0 fully saturated rings. The SMILES string of the molecule is CCCCCOC(=O)C1=C(C)NC2=C(C(=O)CCC2)C1c1cccc(OC)c1. The van der Waals surface area contributed by atoms with Crippen molar-refractivity contribution in [1.29, 1.82) is 0 Å². The van der Waals surface area contributed by atoms with Crippen LogP contribution in [-0.2, 0) is 14.3 Å². The fraction of sp³-hybridized carbons (Fsp3) is 0.478. The summed E-state index contributed by atoms with van der Waals surface area (Å²) in [6.45, 7) is 4.40. The van der Waals surface area contributed by atoms with E-state index >= 15 is 0 Å². The maximum atomic E-state index is 13.0. The third kappa shape index (κ3) is 4.13. The summed E-state index contributed by atoms with van der Waals surface area (Å²) in [4.78, 5) is 25.8. The van der Waals surface area contributed by atoms with Crippen molar-refractivity contribution in [3.63, 3.8) is 0 Å². The molecule has 1 heterocycles. The molecule has 0 saturated carbocycles. The van der Waals surface area contributed by atoms with Gasteiger partial charge in [0.2, 0.25) is 0 Å². The number of ether oxygens (including phenoxy) is 2. The number of hydrogen-bond donors (Lipinski definition) is 1. The largest absolute Gasteiger partial charge is 0.497 e. The summed E-state index contributed by atoms with van der Waals surface area (Å²) in [5.74, 6) is 0.0387. The predicted molar refractivity (Wildman–Crippen MR) is 108 cm³/mol. The van der Waals surface area contributed by atoms with Crippen molar-refractivity contribution in [2.45, 2.75) is 58.3 Å². The van der Waals surface area contributed by atoms with Crippen LogP contribution in [0.2, 0.25) is 0 Å². The maximum absolute atomic E-state index is 13.0. The van der Waals surface area contributed by atoms with Crippen molar-refractivity contribution in [3.8, 4) is 5.75 Å². The van der Waals surface area contributed by atoms with Crippen LogP contribution in [-0.4, -0.2) is 25.5 Å². The molecule has 1 aliphatic heterocycles. The van der Waals surface area contributed by atoms with E-state index in [1.54, 1.807) is 7.11 Å². The third-order valence-electron chi connectivity index (χ3n) is 5.40. The van der Waals surface area contributed by atoms with Gasteiger partial charge in [-0.2, -0.15) is 0 Å². The molecule has 150 valence electrons. The minimum atomic E-state index is -0.419. The number of rotatable bonds is 7. The molecule has 1 N–H and O–H groups in total. The zero-order valence-electron chi connectivity index (χ0n) is 17.0. The van der Waals surface area contributed by atoms with Gasteiger partial charge in [0.1, 0.15) is 5.75 Å². The smallest absolute Gasteiger partial charge is 0.336 e. The van der Waals surface area contributed by atoms with Crippen molar-refractivity contribution >= 4 is 11.8 Å². The number of ketones is 1. The summed E-state index contributed by atoms with van der Waals surface area (Å²) in [7, 11) is 1.61. The Morgan fingerprint density at radius 2 is 2.07 bits per heavy atom. The Morgan fingerprint density at radius 3 is 2.82 bits per heavy atom. The number of carbonyl (C=O) groups is 2. The molecule has 28 heavy (non-hydrogen) atoms. The molecule has 0 amide bonds. The van der Waals surface area contributed by atoms with Crippen LogP contribution in [0.15, 0.2) is 46.8 Å². The first kappa shape index (κ1) is 20.2. The van der Waals surface area contributed by atoms with Gasteiger partial charge in [0, 0.05) is 29.3 Å². The van der Waals surface area contributed by atoms with E-state index in [1.807, 2.05) is 31.2 Å². The number of Topliss-reactive ketones (excluding diaryl/α,β-unsaturated/α-hetero) is 1. The molecule has 1 unspecified atom stereocenters. The molecule has 1 aromatic rings. The van der Waals surface area contributed by atoms with Gasteiger partial charge in [-0.3, -0.25) is 4.79 Å². The fourth-order valence-corrected chi connectivity index (χ4v) is 4.00. The summed E-state index contributed by atoms with van der Waals surface area (Å²) in [6, 6.07) is 7.61. The summed E-state index contributed by atoms with van der Waals surface area (Å²) in [6.07, 6.45) is 5.10. The average Bonchev–Trinajstić information content (AvgIpc) is 2.70. The van der Waals surface area contributed by atoms with Crippen molar-refractivity contribution < 1.29 is 19.1 Å². The molecule has 1 aliphatic carbocycles. The number of hydrogen-bond acceptors (Lipinski definition) is 5. The van der Waals surface area contributed by atoms with Crippen LogP contribution >= 0.6 is 0 Å². The lowest BCUT2D eigenvalue weighted by atomic mass is 9.75. The number of esters is 1. The summed E-state index contributed by atoms with van der Waals surface area (Å²) in [5.41, 5.74) is 3.80. The van der Waals surface area contributed by atoms with E-state index in [4.69, 9.17) is 9.47 Å². The van der Waals surface area contributed by atoms with Gasteiger partial charge in [-0.25, -0.2) is 4.79 Å². The highest BCUT2D eigenvalue weighted by Gasteiger charge is 2.39. The lowest BCUT2D eigenvalue weighted by molar-refractivity contribution is -0.139. The third-order valence-corrected chi connectivity index (χ3v) is 5.40. The first-order valence-electron chi connectivity index (χ1n) is 10.1. The molecule has 0 radical (unpaired) electrons. The molecule has 5 heteroatoms. The highest BCUT2D eigenvalue weighted by molar-refractivity contribution is 6.03. The molecule has 2 aliphatic rings. The van der Waals surface area contributed by atoms with Gasteiger partial charge in [0.25, 0.3) is 0 Å². The van der Waals surface area contributed by atoms with E-state index < -0.39 is 5.92 Å². The van der Waals surface area contributed by atoms with Gasteiger partial charge in [-0.1, -0.05) is 31.9 Å². The Balaban J connectivity index is 2.00. The lowest BCUT2D eigenvalue weighted by Crippen LogP contribution is -2.34. The standard InChI is InChI=1S/C23H29NO4/c1-4-5-6-13-28-23(26)20-15(2)24-18-11-8-12-19(25)22(18)21(20)16-9-7-10-17(14-16)27-3/h7,9-10,14,21,24H,4-6,8,11-13H2,1-3H3. The molecule has 1 atom stereocenters. The monoisotopic (exact) mass is 383 g/mol. The second-order valence-corrected chi connectivity index (χ2v) is 7.39. The van der Waals surface area contributed by atoms with Crippen LogP contribution in [0.1, 0.15) is 63.9 Å². The molecule has 1 aromatic carbocycles. The second kappa shape index (κ2) is 9.09. The van der Waals surface area contributed by atoms with E-state index in [0.717, 1.165) is 49.1 Å². The number of unbranched alkanes of at least 4 members (excludes halogenated alkanes) is 2. The Kier molecular flexibility index (Phi) is 6.55.